The number of esters is 1. The zero-order chi connectivity index (χ0) is 18.0. The second-order valence-corrected chi connectivity index (χ2v) is 6.77. The summed E-state index contributed by atoms with van der Waals surface area (Å²) >= 11 is 0. The fourth-order valence-corrected chi connectivity index (χ4v) is 3.37. The number of aryl methyl sites for hydroxylation is 2. The van der Waals surface area contributed by atoms with Crippen molar-refractivity contribution in [3.05, 3.63) is 23.0 Å². The third kappa shape index (κ3) is 3.81. The summed E-state index contributed by atoms with van der Waals surface area (Å²) in [6, 6.07) is 1.78. The maximum absolute atomic E-state index is 12.4. The highest BCUT2D eigenvalue weighted by Crippen LogP contribution is 2.24. The number of nitrogens with one attached hydrogen (secondary N) is 1. The van der Waals surface area contributed by atoms with Crippen LogP contribution in [0.4, 0.5) is 0 Å². The summed E-state index contributed by atoms with van der Waals surface area (Å²) in [5.74, 6) is -0.389. The number of carbonyl (C=O) groups excluding carboxylic acids is 2. The van der Waals surface area contributed by atoms with Gasteiger partial charge in [0, 0.05) is 11.7 Å². The minimum atomic E-state index is -0.575. The lowest BCUT2D eigenvalue weighted by Gasteiger charge is -2.29. The van der Waals surface area contributed by atoms with Crippen LogP contribution in [0.5, 0.6) is 0 Å². The molecule has 0 radical (unpaired) electrons. The van der Waals surface area contributed by atoms with Crippen LogP contribution in [-0.4, -0.2) is 34.7 Å². The number of pyridine rings is 1. The molecule has 1 N–H and O–H groups in total. The van der Waals surface area contributed by atoms with E-state index in [1.807, 2.05) is 0 Å². The lowest BCUT2D eigenvalue weighted by Crippen LogP contribution is -2.42. The number of carbonyl (C=O) groups is 2. The molecule has 2 atom stereocenters. The summed E-state index contributed by atoms with van der Waals surface area (Å²) < 4.78 is 10.3. The summed E-state index contributed by atoms with van der Waals surface area (Å²) in [5.41, 5.74) is 1.80. The van der Waals surface area contributed by atoms with Crippen LogP contribution in [0.2, 0.25) is 0 Å². The Bertz CT molecular complexity index is 799. The molecular weight excluding hydrogens is 322 g/mol. The van der Waals surface area contributed by atoms with Gasteiger partial charge in [0.25, 0.3) is 11.6 Å². The van der Waals surface area contributed by atoms with Gasteiger partial charge in [-0.15, -0.1) is 0 Å². The molecule has 7 heteroatoms. The van der Waals surface area contributed by atoms with Crippen LogP contribution in [0.1, 0.15) is 54.4 Å². The Kier molecular flexibility index (Phi) is 5.01. The predicted molar refractivity (Wildman–Crippen MR) is 91.1 cm³/mol. The molecule has 134 valence electrons. The molecule has 0 aliphatic heterocycles. The first-order chi connectivity index (χ1) is 12.0. The molecule has 2 aromatic rings. The van der Waals surface area contributed by atoms with Gasteiger partial charge in [-0.1, -0.05) is 24.9 Å². The zero-order valence-electron chi connectivity index (χ0n) is 14.8. The van der Waals surface area contributed by atoms with Gasteiger partial charge < -0.3 is 14.6 Å². The Hall–Kier alpha value is -2.44. The Morgan fingerprint density at radius 3 is 2.84 bits per heavy atom. The molecule has 0 saturated heterocycles. The van der Waals surface area contributed by atoms with E-state index < -0.39 is 5.97 Å². The number of hydrogen-bond donors (Lipinski definition) is 1. The quantitative estimate of drug-likeness (QED) is 0.856. The lowest BCUT2D eigenvalue weighted by molar-refractivity contribution is -0.125. The minimum absolute atomic E-state index is 0.162. The van der Waals surface area contributed by atoms with Gasteiger partial charge in [-0.2, -0.15) is 0 Å². The zero-order valence-corrected chi connectivity index (χ0v) is 14.8. The van der Waals surface area contributed by atoms with Crippen molar-refractivity contribution in [1.29, 1.82) is 0 Å². The number of ether oxygens (including phenoxy) is 1. The Balaban J connectivity index is 1.65. The molecular formula is C18H23N3O4. The standard InChI is InChI=1S/C18H23N3O4/c1-10-6-4-5-7-14(10)20-15(22)9-24-18(23)13-8-11(2)19-17-16(13)12(3)21-25-17/h8,10,14H,4-7,9H2,1-3H3,(H,20,22)/t10-,14-/m1/s1. The summed E-state index contributed by atoms with van der Waals surface area (Å²) in [7, 11) is 0. The Morgan fingerprint density at radius 2 is 2.08 bits per heavy atom. The van der Waals surface area contributed by atoms with Gasteiger partial charge in [-0.05, 0) is 38.7 Å². The Labute approximate surface area is 146 Å². The minimum Gasteiger partial charge on any atom is -0.452 e. The summed E-state index contributed by atoms with van der Waals surface area (Å²) in [6.45, 7) is 5.33. The first-order valence-electron chi connectivity index (χ1n) is 8.66. The SMILES string of the molecule is Cc1cc(C(=O)OCC(=O)N[C@@H]2CCCC[C@H]2C)c2c(C)noc2n1. The molecule has 1 fully saturated rings. The second-order valence-electron chi connectivity index (χ2n) is 6.77. The van der Waals surface area contributed by atoms with E-state index in [9.17, 15) is 9.59 Å². The molecule has 3 rings (SSSR count). The maximum Gasteiger partial charge on any atom is 0.339 e. The summed E-state index contributed by atoms with van der Waals surface area (Å²) in [5, 5.41) is 7.33. The van der Waals surface area contributed by atoms with E-state index in [1.165, 1.54) is 6.42 Å². The molecule has 0 spiro atoms. The van der Waals surface area contributed by atoms with Crippen molar-refractivity contribution in [2.24, 2.45) is 5.92 Å². The molecule has 1 aliphatic carbocycles. The van der Waals surface area contributed by atoms with Crippen LogP contribution < -0.4 is 5.32 Å². The second kappa shape index (κ2) is 7.21. The van der Waals surface area contributed by atoms with Crippen molar-refractivity contribution in [2.75, 3.05) is 6.61 Å². The predicted octanol–water partition coefficient (Wildman–Crippen LogP) is 2.69. The molecule has 1 amide bonds. The van der Waals surface area contributed by atoms with Crippen molar-refractivity contribution in [3.63, 3.8) is 0 Å². The van der Waals surface area contributed by atoms with Crippen molar-refractivity contribution in [1.82, 2.24) is 15.5 Å². The van der Waals surface area contributed by atoms with E-state index in [0.29, 0.717) is 34.0 Å². The van der Waals surface area contributed by atoms with Crippen LogP contribution in [0.15, 0.2) is 10.6 Å². The van der Waals surface area contributed by atoms with Crippen molar-refractivity contribution in [2.45, 2.75) is 52.5 Å². The molecule has 2 heterocycles. The molecule has 1 aliphatic rings. The van der Waals surface area contributed by atoms with E-state index in [-0.39, 0.29) is 18.6 Å². The van der Waals surface area contributed by atoms with Crippen molar-refractivity contribution >= 4 is 23.0 Å². The lowest BCUT2D eigenvalue weighted by atomic mass is 9.86. The van der Waals surface area contributed by atoms with E-state index in [0.717, 1.165) is 19.3 Å². The van der Waals surface area contributed by atoms with Crippen LogP contribution in [0.3, 0.4) is 0 Å². The van der Waals surface area contributed by atoms with E-state index >= 15 is 0 Å². The molecule has 0 aromatic carbocycles. The highest BCUT2D eigenvalue weighted by Gasteiger charge is 2.24. The largest absolute Gasteiger partial charge is 0.452 e. The smallest absolute Gasteiger partial charge is 0.339 e. The third-order valence-electron chi connectivity index (χ3n) is 4.76. The molecule has 0 unspecified atom stereocenters. The van der Waals surface area contributed by atoms with Gasteiger partial charge in [-0.3, -0.25) is 4.79 Å². The Morgan fingerprint density at radius 1 is 1.32 bits per heavy atom. The number of aromatic nitrogens is 2. The highest BCUT2D eigenvalue weighted by atomic mass is 16.5. The van der Waals surface area contributed by atoms with Crippen LogP contribution in [-0.2, 0) is 9.53 Å². The van der Waals surface area contributed by atoms with E-state index in [4.69, 9.17) is 9.26 Å². The highest BCUT2D eigenvalue weighted by molar-refractivity contribution is 6.03. The number of fused-ring (bicyclic) bond motifs is 1. The van der Waals surface area contributed by atoms with Crippen molar-refractivity contribution < 1.29 is 18.8 Å². The van der Waals surface area contributed by atoms with E-state index in [1.54, 1.807) is 19.9 Å². The average Bonchev–Trinajstić information content (AvgIpc) is 2.95. The van der Waals surface area contributed by atoms with Gasteiger partial charge in [0.15, 0.2) is 6.61 Å². The molecule has 1 saturated carbocycles. The first kappa shape index (κ1) is 17.4. The number of nitrogens with zero attached hydrogens (tertiary/aromatic N) is 2. The van der Waals surface area contributed by atoms with Gasteiger partial charge in [0.1, 0.15) is 0 Å². The average molecular weight is 345 g/mol. The van der Waals surface area contributed by atoms with Crippen LogP contribution in [0, 0.1) is 19.8 Å². The normalized spacial score (nSPS) is 20.4. The number of amides is 1. The monoisotopic (exact) mass is 345 g/mol. The molecule has 2 aromatic heterocycles. The summed E-state index contributed by atoms with van der Waals surface area (Å²) in [6.07, 6.45) is 4.42. The van der Waals surface area contributed by atoms with Crippen LogP contribution in [0.25, 0.3) is 11.1 Å². The van der Waals surface area contributed by atoms with Gasteiger partial charge >= 0.3 is 5.97 Å². The maximum atomic E-state index is 12.4. The van der Waals surface area contributed by atoms with Gasteiger partial charge in [0.2, 0.25) is 0 Å². The first-order valence-corrected chi connectivity index (χ1v) is 8.66. The third-order valence-corrected chi connectivity index (χ3v) is 4.76. The van der Waals surface area contributed by atoms with Crippen molar-refractivity contribution in [3.8, 4) is 0 Å². The molecule has 25 heavy (non-hydrogen) atoms. The fraction of sp³-hybridized carbons (Fsp3) is 0.556. The topological polar surface area (TPSA) is 94.3 Å². The van der Waals surface area contributed by atoms with Gasteiger partial charge in [-0.25, -0.2) is 9.78 Å². The molecule has 7 nitrogen and oxygen atoms in total. The fourth-order valence-electron chi connectivity index (χ4n) is 3.37. The summed E-state index contributed by atoms with van der Waals surface area (Å²) in [4.78, 5) is 28.7. The molecule has 0 bridgehead atoms. The number of rotatable bonds is 4. The van der Waals surface area contributed by atoms with E-state index in [2.05, 4.69) is 22.4 Å². The van der Waals surface area contributed by atoms with Crippen LogP contribution >= 0.6 is 0 Å². The van der Waals surface area contributed by atoms with Gasteiger partial charge in [0.05, 0.1) is 16.6 Å². The number of hydrogen-bond acceptors (Lipinski definition) is 6.